The topological polar surface area (TPSA) is 39.2 Å². The van der Waals surface area contributed by atoms with Gasteiger partial charge in [-0.15, -0.1) is 0 Å². The van der Waals surface area contributed by atoms with Crippen LogP contribution in [0.4, 0.5) is 0 Å². The van der Waals surface area contributed by atoms with E-state index in [0.717, 1.165) is 27.0 Å². The summed E-state index contributed by atoms with van der Waals surface area (Å²) in [5.41, 5.74) is 3.86. The van der Waals surface area contributed by atoms with Crippen molar-refractivity contribution in [2.75, 3.05) is 6.61 Å². The Kier molecular flexibility index (Phi) is 7.83. The molecule has 1 aromatic rings. The summed E-state index contributed by atoms with van der Waals surface area (Å²) in [6, 6.07) is 0. The molecule has 0 N–H and O–H groups in total. The van der Waals surface area contributed by atoms with Crippen LogP contribution >= 0.6 is 15.9 Å². The fourth-order valence-electron chi connectivity index (χ4n) is 1.66. The average molecular weight is 316 g/mol. The van der Waals surface area contributed by atoms with Gasteiger partial charge < -0.3 is 4.74 Å². The zero-order chi connectivity index (χ0) is 14.3. The summed E-state index contributed by atoms with van der Waals surface area (Å²) < 4.78 is 5.91. The highest BCUT2D eigenvalue weighted by molar-refractivity contribution is 9.10. The molecule has 1 aromatic heterocycles. The number of carbonyl (C=O) groups excluding carboxylic acids is 1. The SMILES string of the molecule is CC.CCOC(=O)Cc1c(C)nc(C)c(Br)c1C. The predicted molar refractivity (Wildman–Crippen MR) is 77.8 cm³/mol. The second-order valence-corrected chi connectivity index (χ2v) is 4.47. The Morgan fingerprint density at radius 2 is 1.78 bits per heavy atom. The fourth-order valence-corrected chi connectivity index (χ4v) is 1.99. The molecule has 0 aliphatic heterocycles. The van der Waals surface area contributed by atoms with Crippen LogP contribution in [-0.4, -0.2) is 17.6 Å². The van der Waals surface area contributed by atoms with E-state index in [-0.39, 0.29) is 12.4 Å². The van der Waals surface area contributed by atoms with Gasteiger partial charge in [0.25, 0.3) is 0 Å². The van der Waals surface area contributed by atoms with Gasteiger partial charge in [0.15, 0.2) is 0 Å². The van der Waals surface area contributed by atoms with Crippen molar-refractivity contribution in [2.45, 2.75) is 48.0 Å². The van der Waals surface area contributed by atoms with Crippen molar-refractivity contribution in [1.29, 1.82) is 0 Å². The Labute approximate surface area is 118 Å². The van der Waals surface area contributed by atoms with Crippen LogP contribution < -0.4 is 0 Å². The van der Waals surface area contributed by atoms with Gasteiger partial charge in [0.1, 0.15) is 0 Å². The number of rotatable bonds is 3. The molecule has 0 saturated carbocycles. The van der Waals surface area contributed by atoms with E-state index in [0.29, 0.717) is 6.61 Å². The zero-order valence-corrected chi connectivity index (χ0v) is 13.6. The molecule has 1 heterocycles. The van der Waals surface area contributed by atoms with E-state index in [9.17, 15) is 4.79 Å². The maximum Gasteiger partial charge on any atom is 0.310 e. The molecule has 0 radical (unpaired) electrons. The second kappa shape index (κ2) is 8.25. The quantitative estimate of drug-likeness (QED) is 0.794. The molecule has 0 unspecified atom stereocenters. The highest BCUT2D eigenvalue weighted by Gasteiger charge is 2.14. The molecule has 4 heteroatoms. The summed E-state index contributed by atoms with van der Waals surface area (Å²) in [5, 5.41) is 0. The molecule has 0 aliphatic rings. The van der Waals surface area contributed by atoms with Gasteiger partial charge in [0.05, 0.1) is 18.7 Å². The first-order chi connectivity index (χ1) is 8.47. The third kappa shape index (κ3) is 4.41. The maximum absolute atomic E-state index is 11.4. The lowest BCUT2D eigenvalue weighted by molar-refractivity contribution is -0.142. The van der Waals surface area contributed by atoms with E-state index in [1.165, 1.54) is 0 Å². The number of halogens is 1. The van der Waals surface area contributed by atoms with Crippen molar-refractivity contribution in [3.63, 3.8) is 0 Å². The number of carbonyl (C=O) groups is 1. The summed E-state index contributed by atoms with van der Waals surface area (Å²) >= 11 is 3.48. The van der Waals surface area contributed by atoms with Gasteiger partial charge in [-0.2, -0.15) is 0 Å². The van der Waals surface area contributed by atoms with Gasteiger partial charge in [-0.1, -0.05) is 13.8 Å². The number of nitrogens with zero attached hydrogens (tertiary/aromatic N) is 1. The summed E-state index contributed by atoms with van der Waals surface area (Å²) in [6.45, 7) is 12.1. The molecule has 0 aliphatic carbocycles. The first-order valence-electron chi connectivity index (χ1n) is 6.25. The lowest BCUT2D eigenvalue weighted by Gasteiger charge is -2.12. The Morgan fingerprint density at radius 1 is 1.22 bits per heavy atom. The van der Waals surface area contributed by atoms with Crippen molar-refractivity contribution in [1.82, 2.24) is 4.98 Å². The van der Waals surface area contributed by atoms with Gasteiger partial charge in [0.2, 0.25) is 0 Å². The average Bonchev–Trinajstić information content (AvgIpc) is 2.35. The van der Waals surface area contributed by atoms with E-state index < -0.39 is 0 Å². The van der Waals surface area contributed by atoms with Gasteiger partial charge in [-0.05, 0) is 54.8 Å². The molecule has 18 heavy (non-hydrogen) atoms. The second-order valence-electron chi connectivity index (χ2n) is 3.68. The Hall–Kier alpha value is -0.900. The first-order valence-corrected chi connectivity index (χ1v) is 7.04. The van der Waals surface area contributed by atoms with Crippen LogP contribution in [0.25, 0.3) is 0 Å². The lowest BCUT2D eigenvalue weighted by Crippen LogP contribution is -2.11. The number of aryl methyl sites for hydroxylation is 2. The van der Waals surface area contributed by atoms with Crippen molar-refractivity contribution < 1.29 is 9.53 Å². The third-order valence-corrected chi connectivity index (χ3v) is 3.67. The molecular formula is C14H22BrNO2. The van der Waals surface area contributed by atoms with E-state index in [1.54, 1.807) is 6.92 Å². The monoisotopic (exact) mass is 315 g/mol. The molecule has 0 atom stereocenters. The van der Waals surface area contributed by atoms with E-state index >= 15 is 0 Å². The highest BCUT2D eigenvalue weighted by Crippen LogP contribution is 2.25. The molecule has 1 rings (SSSR count). The number of hydrogen-bond donors (Lipinski definition) is 0. The van der Waals surface area contributed by atoms with Crippen molar-refractivity contribution in [3.05, 3.63) is 27.0 Å². The Morgan fingerprint density at radius 3 is 2.28 bits per heavy atom. The Balaban J connectivity index is 0.00000137. The number of hydrogen-bond acceptors (Lipinski definition) is 3. The minimum Gasteiger partial charge on any atom is -0.466 e. The molecule has 0 fully saturated rings. The molecular weight excluding hydrogens is 294 g/mol. The number of aromatic nitrogens is 1. The molecule has 0 bridgehead atoms. The zero-order valence-electron chi connectivity index (χ0n) is 12.1. The fraction of sp³-hybridized carbons (Fsp3) is 0.571. The first kappa shape index (κ1) is 17.1. The van der Waals surface area contributed by atoms with Crippen molar-refractivity contribution in [2.24, 2.45) is 0 Å². The maximum atomic E-state index is 11.4. The molecule has 0 amide bonds. The van der Waals surface area contributed by atoms with E-state index in [1.807, 2.05) is 34.6 Å². The normalized spacial score (nSPS) is 9.50. The summed E-state index contributed by atoms with van der Waals surface area (Å²) in [7, 11) is 0. The number of esters is 1. The Bertz CT molecular complexity index is 417. The van der Waals surface area contributed by atoms with Crippen LogP contribution in [0.15, 0.2) is 4.47 Å². The van der Waals surface area contributed by atoms with Gasteiger partial charge in [-0.25, -0.2) is 0 Å². The van der Waals surface area contributed by atoms with Crippen LogP contribution in [0.5, 0.6) is 0 Å². The van der Waals surface area contributed by atoms with Crippen molar-refractivity contribution in [3.8, 4) is 0 Å². The van der Waals surface area contributed by atoms with Crippen LogP contribution in [0.3, 0.4) is 0 Å². The van der Waals surface area contributed by atoms with Crippen molar-refractivity contribution >= 4 is 21.9 Å². The minimum atomic E-state index is -0.203. The molecule has 0 spiro atoms. The number of pyridine rings is 1. The number of ether oxygens (including phenoxy) is 1. The molecule has 102 valence electrons. The lowest BCUT2D eigenvalue weighted by atomic mass is 10.0. The summed E-state index contributed by atoms with van der Waals surface area (Å²) in [6.07, 6.45) is 0.289. The molecule has 0 saturated heterocycles. The van der Waals surface area contributed by atoms with Crippen LogP contribution in [0, 0.1) is 20.8 Å². The van der Waals surface area contributed by atoms with Gasteiger partial charge in [0, 0.05) is 10.2 Å². The van der Waals surface area contributed by atoms with E-state index in [2.05, 4.69) is 20.9 Å². The largest absolute Gasteiger partial charge is 0.466 e. The standard InChI is InChI=1S/C12H16BrNO2.C2H6/c1-5-16-11(15)6-10-7(2)12(13)9(4)14-8(10)3;1-2/h5-6H2,1-4H3;1-2H3. The van der Waals surface area contributed by atoms with Crippen LogP contribution in [0.2, 0.25) is 0 Å². The molecule has 3 nitrogen and oxygen atoms in total. The van der Waals surface area contributed by atoms with Crippen LogP contribution in [0.1, 0.15) is 43.3 Å². The van der Waals surface area contributed by atoms with Gasteiger partial charge >= 0.3 is 5.97 Å². The highest BCUT2D eigenvalue weighted by atomic mass is 79.9. The minimum absolute atomic E-state index is 0.203. The third-order valence-electron chi connectivity index (χ3n) is 2.50. The van der Waals surface area contributed by atoms with E-state index in [4.69, 9.17) is 4.74 Å². The summed E-state index contributed by atoms with van der Waals surface area (Å²) in [4.78, 5) is 15.8. The summed E-state index contributed by atoms with van der Waals surface area (Å²) in [5.74, 6) is -0.203. The van der Waals surface area contributed by atoms with Crippen LogP contribution in [-0.2, 0) is 16.0 Å². The predicted octanol–water partition coefficient (Wildman–Crippen LogP) is 3.90. The molecule has 0 aromatic carbocycles. The van der Waals surface area contributed by atoms with Gasteiger partial charge in [-0.3, -0.25) is 9.78 Å². The smallest absolute Gasteiger partial charge is 0.310 e.